The minimum absolute atomic E-state index is 0.823. The molecule has 17 heavy (non-hydrogen) atoms. The van der Waals surface area contributed by atoms with E-state index in [9.17, 15) is 0 Å². The molecule has 0 saturated carbocycles. The van der Waals surface area contributed by atoms with E-state index in [-0.39, 0.29) is 0 Å². The summed E-state index contributed by atoms with van der Waals surface area (Å²) in [5.41, 5.74) is 1.30. The van der Waals surface area contributed by atoms with Crippen LogP contribution in [-0.4, -0.2) is 31.1 Å². The molecular formula is C13H16BrClN2. The van der Waals surface area contributed by atoms with E-state index < -0.39 is 0 Å². The first-order valence-corrected chi connectivity index (χ1v) is 7.26. The third-order valence-corrected chi connectivity index (χ3v) is 4.88. The summed E-state index contributed by atoms with van der Waals surface area (Å²) in [7, 11) is 0. The van der Waals surface area contributed by atoms with Crippen LogP contribution in [0.25, 0.3) is 0 Å². The fourth-order valence-corrected chi connectivity index (χ4v) is 3.55. The summed E-state index contributed by atoms with van der Waals surface area (Å²) in [5.74, 6) is 1.71. The van der Waals surface area contributed by atoms with E-state index >= 15 is 0 Å². The number of likely N-dealkylation sites (tertiary alicyclic amines) is 1. The van der Waals surface area contributed by atoms with Gasteiger partial charge in [-0.1, -0.05) is 27.5 Å². The molecule has 0 aliphatic carbocycles. The highest BCUT2D eigenvalue weighted by atomic mass is 79.9. The van der Waals surface area contributed by atoms with Crippen LogP contribution in [0.1, 0.15) is 5.56 Å². The summed E-state index contributed by atoms with van der Waals surface area (Å²) in [4.78, 5) is 2.55. The van der Waals surface area contributed by atoms with Gasteiger partial charge in [0.05, 0.1) is 0 Å². The molecule has 2 aliphatic rings. The van der Waals surface area contributed by atoms with Crippen LogP contribution >= 0.6 is 27.5 Å². The second-order valence-corrected chi connectivity index (χ2v) is 6.40. The summed E-state index contributed by atoms with van der Waals surface area (Å²) in [6, 6.07) is 6.03. The molecule has 0 spiro atoms. The molecule has 2 unspecified atom stereocenters. The molecule has 0 radical (unpaired) electrons. The predicted octanol–water partition coefficient (Wildman–Crippen LogP) is 2.75. The molecule has 4 heteroatoms. The Bertz CT molecular complexity index is 412. The average molecular weight is 316 g/mol. The maximum Gasteiger partial charge on any atom is 0.0410 e. The normalized spacial score (nSPS) is 28.6. The first-order valence-electron chi connectivity index (χ1n) is 6.09. The van der Waals surface area contributed by atoms with Gasteiger partial charge in [0.2, 0.25) is 0 Å². The molecule has 2 heterocycles. The van der Waals surface area contributed by atoms with Crippen LogP contribution in [-0.2, 0) is 6.54 Å². The average Bonchev–Trinajstić information content (AvgIpc) is 2.83. The lowest BCUT2D eigenvalue weighted by atomic mass is 10.0. The van der Waals surface area contributed by atoms with Gasteiger partial charge in [-0.15, -0.1) is 0 Å². The lowest BCUT2D eigenvalue weighted by Gasteiger charge is -2.18. The van der Waals surface area contributed by atoms with E-state index in [0.29, 0.717) is 0 Å². The zero-order valence-corrected chi connectivity index (χ0v) is 12.0. The van der Waals surface area contributed by atoms with Crippen molar-refractivity contribution in [1.82, 2.24) is 10.2 Å². The van der Waals surface area contributed by atoms with Gasteiger partial charge in [0, 0.05) is 29.1 Å². The van der Waals surface area contributed by atoms with Crippen molar-refractivity contribution in [3.05, 3.63) is 33.3 Å². The van der Waals surface area contributed by atoms with Crippen LogP contribution in [0.3, 0.4) is 0 Å². The first kappa shape index (κ1) is 12.0. The van der Waals surface area contributed by atoms with Crippen molar-refractivity contribution in [2.24, 2.45) is 11.8 Å². The molecule has 3 rings (SSSR count). The number of hydrogen-bond donors (Lipinski definition) is 1. The molecule has 0 bridgehead atoms. The maximum absolute atomic E-state index is 6.05. The Kier molecular flexibility index (Phi) is 3.44. The Morgan fingerprint density at radius 3 is 2.71 bits per heavy atom. The molecule has 1 aromatic carbocycles. The zero-order chi connectivity index (χ0) is 11.8. The molecule has 1 aromatic rings. The highest BCUT2D eigenvalue weighted by Gasteiger charge is 2.35. The summed E-state index contributed by atoms with van der Waals surface area (Å²) in [6.45, 7) is 5.83. The van der Waals surface area contributed by atoms with E-state index in [1.54, 1.807) is 0 Å². The van der Waals surface area contributed by atoms with Crippen LogP contribution in [0.5, 0.6) is 0 Å². The smallest absolute Gasteiger partial charge is 0.0410 e. The second-order valence-electron chi connectivity index (χ2n) is 5.11. The van der Waals surface area contributed by atoms with Gasteiger partial charge in [-0.3, -0.25) is 4.90 Å². The van der Waals surface area contributed by atoms with Gasteiger partial charge in [0.25, 0.3) is 0 Å². The van der Waals surface area contributed by atoms with Gasteiger partial charge in [0.15, 0.2) is 0 Å². The van der Waals surface area contributed by atoms with Crippen molar-refractivity contribution >= 4 is 27.5 Å². The zero-order valence-electron chi connectivity index (χ0n) is 9.63. The minimum atomic E-state index is 0.823. The Morgan fingerprint density at radius 1 is 1.29 bits per heavy atom. The van der Waals surface area contributed by atoms with E-state index in [4.69, 9.17) is 11.6 Å². The molecular weight excluding hydrogens is 300 g/mol. The quantitative estimate of drug-likeness (QED) is 0.903. The highest BCUT2D eigenvalue weighted by Crippen LogP contribution is 2.29. The summed E-state index contributed by atoms with van der Waals surface area (Å²) < 4.78 is 1.16. The number of halogens is 2. The van der Waals surface area contributed by atoms with Crippen LogP contribution in [0, 0.1) is 11.8 Å². The molecule has 2 saturated heterocycles. The SMILES string of the molecule is Clc1ccc(Br)c(CN2CC3CNCC3C2)c1. The fraction of sp³-hybridized carbons (Fsp3) is 0.538. The number of fused-ring (bicyclic) bond motifs is 1. The van der Waals surface area contributed by atoms with E-state index in [1.165, 1.54) is 31.7 Å². The van der Waals surface area contributed by atoms with Crippen LogP contribution in [0.2, 0.25) is 5.02 Å². The third kappa shape index (κ3) is 2.53. The summed E-state index contributed by atoms with van der Waals surface area (Å²) in [5, 5.41) is 4.30. The topological polar surface area (TPSA) is 15.3 Å². The van der Waals surface area contributed by atoms with Gasteiger partial charge in [-0.25, -0.2) is 0 Å². The summed E-state index contributed by atoms with van der Waals surface area (Å²) in [6.07, 6.45) is 0. The Balaban J connectivity index is 1.69. The van der Waals surface area contributed by atoms with Crippen molar-refractivity contribution < 1.29 is 0 Å². The Labute approximate surface area is 115 Å². The van der Waals surface area contributed by atoms with Crippen molar-refractivity contribution in [3.63, 3.8) is 0 Å². The number of rotatable bonds is 2. The van der Waals surface area contributed by atoms with Crippen molar-refractivity contribution in [2.75, 3.05) is 26.2 Å². The summed E-state index contributed by atoms with van der Waals surface area (Å²) >= 11 is 9.65. The number of nitrogens with one attached hydrogen (secondary N) is 1. The van der Waals surface area contributed by atoms with Gasteiger partial charge in [-0.2, -0.15) is 0 Å². The van der Waals surface area contributed by atoms with Gasteiger partial charge >= 0.3 is 0 Å². The molecule has 0 amide bonds. The predicted molar refractivity (Wildman–Crippen MR) is 74.3 cm³/mol. The number of hydrogen-bond acceptors (Lipinski definition) is 2. The largest absolute Gasteiger partial charge is 0.316 e. The van der Waals surface area contributed by atoms with E-state index in [1.807, 2.05) is 12.1 Å². The number of nitrogens with zero attached hydrogens (tertiary/aromatic N) is 1. The van der Waals surface area contributed by atoms with Crippen LogP contribution < -0.4 is 5.32 Å². The van der Waals surface area contributed by atoms with E-state index in [2.05, 4.69) is 32.2 Å². The molecule has 2 aliphatic heterocycles. The Hall–Kier alpha value is -0.0900. The second kappa shape index (κ2) is 4.88. The molecule has 2 fully saturated rings. The molecule has 2 nitrogen and oxygen atoms in total. The van der Waals surface area contributed by atoms with E-state index in [0.717, 1.165) is 27.9 Å². The van der Waals surface area contributed by atoms with Gasteiger partial charge in [-0.05, 0) is 48.7 Å². The van der Waals surface area contributed by atoms with Crippen molar-refractivity contribution in [2.45, 2.75) is 6.54 Å². The highest BCUT2D eigenvalue weighted by molar-refractivity contribution is 9.10. The van der Waals surface area contributed by atoms with Gasteiger partial charge in [0.1, 0.15) is 0 Å². The first-order chi connectivity index (χ1) is 8.22. The molecule has 2 atom stereocenters. The Morgan fingerprint density at radius 2 is 2.00 bits per heavy atom. The maximum atomic E-state index is 6.05. The molecule has 0 aromatic heterocycles. The monoisotopic (exact) mass is 314 g/mol. The van der Waals surface area contributed by atoms with Crippen molar-refractivity contribution in [1.29, 1.82) is 0 Å². The van der Waals surface area contributed by atoms with Crippen LogP contribution in [0.4, 0.5) is 0 Å². The lowest BCUT2D eigenvalue weighted by molar-refractivity contribution is 0.305. The van der Waals surface area contributed by atoms with Crippen LogP contribution in [0.15, 0.2) is 22.7 Å². The molecule has 1 N–H and O–H groups in total. The standard InChI is InChI=1S/C13H16BrClN2/c14-13-2-1-12(15)3-9(13)6-17-7-10-4-16-5-11(10)8-17/h1-3,10-11,16H,4-8H2. The fourth-order valence-electron chi connectivity index (χ4n) is 2.99. The number of benzene rings is 1. The third-order valence-electron chi connectivity index (χ3n) is 3.87. The lowest BCUT2D eigenvalue weighted by Crippen LogP contribution is -2.25. The molecule has 92 valence electrons. The minimum Gasteiger partial charge on any atom is -0.316 e. The van der Waals surface area contributed by atoms with Gasteiger partial charge < -0.3 is 5.32 Å². The van der Waals surface area contributed by atoms with Crippen molar-refractivity contribution in [3.8, 4) is 0 Å².